The van der Waals surface area contributed by atoms with Crippen LogP contribution in [0.5, 0.6) is 0 Å². The van der Waals surface area contributed by atoms with E-state index in [-0.39, 0.29) is 0 Å². The Morgan fingerprint density at radius 1 is 1.14 bits per heavy atom. The van der Waals surface area contributed by atoms with Crippen molar-refractivity contribution in [1.82, 2.24) is 4.90 Å². The smallest absolute Gasteiger partial charge is 0.0596 e. The van der Waals surface area contributed by atoms with Crippen molar-refractivity contribution in [2.75, 3.05) is 46.5 Å². The summed E-state index contributed by atoms with van der Waals surface area (Å²) in [6, 6.07) is 0. The first kappa shape index (κ1) is 13.8. The van der Waals surface area contributed by atoms with Crippen LogP contribution in [0, 0.1) is 0 Å². The first-order valence-electron chi connectivity index (χ1n) is 5.24. The van der Waals surface area contributed by atoms with Crippen molar-refractivity contribution < 1.29 is 9.47 Å². The van der Waals surface area contributed by atoms with E-state index in [0.29, 0.717) is 19.3 Å². The number of rotatable bonds is 9. The average Bonchev–Trinajstić information content (AvgIpc) is 2.12. The van der Waals surface area contributed by atoms with Gasteiger partial charge in [0, 0.05) is 19.6 Å². The molecule has 0 unspecified atom stereocenters. The monoisotopic (exact) mass is 204 g/mol. The van der Waals surface area contributed by atoms with Gasteiger partial charge in [-0.3, -0.25) is 0 Å². The summed E-state index contributed by atoms with van der Waals surface area (Å²) in [5.41, 5.74) is 5.30. The molecule has 4 heteroatoms. The summed E-state index contributed by atoms with van der Waals surface area (Å²) >= 11 is 0. The lowest BCUT2D eigenvalue weighted by Gasteiger charge is -2.17. The van der Waals surface area contributed by atoms with E-state index in [1.807, 2.05) is 13.8 Å². The summed E-state index contributed by atoms with van der Waals surface area (Å²) in [4.78, 5) is 2.19. The zero-order valence-corrected chi connectivity index (χ0v) is 9.66. The molecular formula is C10H24N2O2. The molecule has 0 amide bonds. The highest BCUT2D eigenvalue weighted by atomic mass is 16.5. The molecule has 0 aliphatic rings. The maximum absolute atomic E-state index is 5.44. The lowest BCUT2D eigenvalue weighted by molar-refractivity contribution is 0.0550. The molecule has 86 valence electrons. The molecule has 0 saturated carbocycles. The predicted octanol–water partition coefficient (Wildman–Crippen LogP) is 0.319. The third kappa shape index (κ3) is 9.92. The lowest BCUT2D eigenvalue weighted by Crippen LogP contribution is -2.28. The van der Waals surface area contributed by atoms with Gasteiger partial charge in [0.25, 0.3) is 0 Å². The number of hydrogen-bond acceptors (Lipinski definition) is 4. The summed E-state index contributed by atoms with van der Waals surface area (Å²) in [6.07, 6.45) is 0.317. The van der Waals surface area contributed by atoms with Gasteiger partial charge in [-0.05, 0) is 20.9 Å². The molecule has 0 rings (SSSR count). The van der Waals surface area contributed by atoms with Crippen LogP contribution in [0.3, 0.4) is 0 Å². The molecule has 0 aliphatic carbocycles. The van der Waals surface area contributed by atoms with E-state index in [0.717, 1.165) is 26.3 Å². The van der Waals surface area contributed by atoms with Gasteiger partial charge in [-0.25, -0.2) is 0 Å². The topological polar surface area (TPSA) is 47.7 Å². The van der Waals surface area contributed by atoms with Crippen molar-refractivity contribution in [2.24, 2.45) is 5.73 Å². The molecule has 0 aliphatic heterocycles. The molecule has 2 N–H and O–H groups in total. The Balaban J connectivity index is 3.15. The molecule has 14 heavy (non-hydrogen) atoms. The minimum atomic E-state index is 0.317. The molecule has 0 saturated heterocycles. The van der Waals surface area contributed by atoms with Crippen LogP contribution in [0.1, 0.15) is 13.8 Å². The molecular weight excluding hydrogens is 180 g/mol. The number of nitrogens with two attached hydrogens (primary N) is 1. The van der Waals surface area contributed by atoms with Gasteiger partial charge >= 0.3 is 0 Å². The van der Waals surface area contributed by atoms with Crippen molar-refractivity contribution in [2.45, 2.75) is 20.0 Å². The summed E-state index contributed by atoms with van der Waals surface area (Å²) in [6.45, 7) is 8.75. The van der Waals surface area contributed by atoms with E-state index in [4.69, 9.17) is 15.2 Å². The highest BCUT2D eigenvalue weighted by Crippen LogP contribution is 1.89. The second-order valence-corrected chi connectivity index (χ2v) is 3.62. The molecule has 0 fully saturated rings. The average molecular weight is 204 g/mol. The number of hydrogen-bond donors (Lipinski definition) is 1. The van der Waals surface area contributed by atoms with Gasteiger partial charge in [0.15, 0.2) is 0 Å². The second kappa shape index (κ2) is 9.40. The SMILES string of the molecule is CC(C)OCCN(C)CCOCCN. The van der Waals surface area contributed by atoms with Crippen molar-refractivity contribution in [1.29, 1.82) is 0 Å². The van der Waals surface area contributed by atoms with Crippen LogP contribution in [0.15, 0.2) is 0 Å². The maximum Gasteiger partial charge on any atom is 0.0596 e. The Labute approximate surface area is 87.4 Å². The third-order valence-corrected chi connectivity index (χ3v) is 1.80. The fourth-order valence-electron chi connectivity index (χ4n) is 0.962. The van der Waals surface area contributed by atoms with Gasteiger partial charge in [-0.2, -0.15) is 0 Å². The van der Waals surface area contributed by atoms with Gasteiger partial charge in [0.05, 0.1) is 25.9 Å². The Morgan fingerprint density at radius 2 is 1.79 bits per heavy atom. The van der Waals surface area contributed by atoms with Crippen molar-refractivity contribution in [3.63, 3.8) is 0 Å². The largest absolute Gasteiger partial charge is 0.379 e. The van der Waals surface area contributed by atoms with E-state index < -0.39 is 0 Å². The van der Waals surface area contributed by atoms with Crippen LogP contribution >= 0.6 is 0 Å². The van der Waals surface area contributed by atoms with Crippen LogP contribution < -0.4 is 5.73 Å². The Morgan fingerprint density at radius 3 is 2.36 bits per heavy atom. The third-order valence-electron chi connectivity index (χ3n) is 1.80. The molecule has 0 aromatic carbocycles. The molecule has 0 aromatic heterocycles. The fourth-order valence-corrected chi connectivity index (χ4v) is 0.962. The number of ether oxygens (including phenoxy) is 2. The first-order chi connectivity index (χ1) is 6.66. The normalized spacial score (nSPS) is 11.6. The summed E-state index contributed by atoms with van der Waals surface area (Å²) in [5, 5.41) is 0. The van der Waals surface area contributed by atoms with E-state index in [2.05, 4.69) is 11.9 Å². The van der Waals surface area contributed by atoms with Crippen LogP contribution in [-0.2, 0) is 9.47 Å². The van der Waals surface area contributed by atoms with Crippen molar-refractivity contribution in [3.8, 4) is 0 Å². The molecule has 4 nitrogen and oxygen atoms in total. The van der Waals surface area contributed by atoms with Gasteiger partial charge in [-0.1, -0.05) is 0 Å². The van der Waals surface area contributed by atoms with Crippen LogP contribution in [0.2, 0.25) is 0 Å². The Hall–Kier alpha value is -0.160. The molecule has 0 bridgehead atoms. The summed E-state index contributed by atoms with van der Waals surface area (Å²) in [7, 11) is 2.06. The van der Waals surface area contributed by atoms with Crippen LogP contribution in [0.25, 0.3) is 0 Å². The standard InChI is InChI=1S/C10H24N2O2/c1-10(2)14-9-6-12(3)5-8-13-7-4-11/h10H,4-9,11H2,1-3H3. The minimum absolute atomic E-state index is 0.317. The summed E-state index contributed by atoms with van der Waals surface area (Å²) < 4.78 is 10.7. The van der Waals surface area contributed by atoms with E-state index in [1.165, 1.54) is 0 Å². The lowest BCUT2D eigenvalue weighted by atomic mass is 10.5. The second-order valence-electron chi connectivity index (χ2n) is 3.62. The minimum Gasteiger partial charge on any atom is -0.379 e. The molecule has 0 atom stereocenters. The quantitative estimate of drug-likeness (QED) is 0.549. The number of likely N-dealkylation sites (N-methyl/N-ethyl adjacent to an activating group) is 1. The highest BCUT2D eigenvalue weighted by Gasteiger charge is 1.99. The molecule has 0 radical (unpaired) electrons. The zero-order chi connectivity index (χ0) is 10.8. The van der Waals surface area contributed by atoms with E-state index >= 15 is 0 Å². The summed E-state index contributed by atoms with van der Waals surface area (Å²) in [5.74, 6) is 0. The van der Waals surface area contributed by atoms with Crippen LogP contribution in [0.4, 0.5) is 0 Å². The maximum atomic E-state index is 5.44. The van der Waals surface area contributed by atoms with Crippen LogP contribution in [-0.4, -0.2) is 57.5 Å². The van der Waals surface area contributed by atoms with Gasteiger partial charge in [0.2, 0.25) is 0 Å². The Bertz CT molecular complexity index is 121. The van der Waals surface area contributed by atoms with Gasteiger partial charge in [-0.15, -0.1) is 0 Å². The van der Waals surface area contributed by atoms with Crippen molar-refractivity contribution >= 4 is 0 Å². The van der Waals surface area contributed by atoms with Crippen molar-refractivity contribution in [3.05, 3.63) is 0 Å². The highest BCUT2D eigenvalue weighted by molar-refractivity contribution is 4.50. The predicted molar refractivity (Wildman–Crippen MR) is 58.5 cm³/mol. The van der Waals surface area contributed by atoms with E-state index in [9.17, 15) is 0 Å². The molecule has 0 aromatic rings. The van der Waals surface area contributed by atoms with E-state index in [1.54, 1.807) is 0 Å². The zero-order valence-electron chi connectivity index (χ0n) is 9.66. The Kier molecular flexibility index (Phi) is 9.29. The fraction of sp³-hybridized carbons (Fsp3) is 1.00. The number of nitrogens with zero attached hydrogens (tertiary/aromatic N) is 1. The molecule has 0 spiro atoms. The first-order valence-corrected chi connectivity index (χ1v) is 5.24. The molecule has 0 heterocycles. The van der Waals surface area contributed by atoms with Gasteiger partial charge in [0.1, 0.15) is 0 Å². The van der Waals surface area contributed by atoms with Gasteiger partial charge < -0.3 is 20.1 Å².